The smallest absolute Gasteiger partial charge is 0.311 e. The zero-order chi connectivity index (χ0) is 13.8. The minimum atomic E-state index is -0.444. The fourth-order valence-electron chi connectivity index (χ4n) is 1.66. The van der Waals surface area contributed by atoms with E-state index in [-0.39, 0.29) is 11.5 Å². The molecular formula is C13H12ClN3O2. The number of aromatic nitrogens is 1. The molecule has 0 unspecified atom stereocenters. The lowest BCUT2D eigenvalue weighted by Gasteiger charge is -2.07. The summed E-state index contributed by atoms with van der Waals surface area (Å²) < 4.78 is 0. The van der Waals surface area contributed by atoms with Gasteiger partial charge in [0.25, 0.3) is 0 Å². The third-order valence-corrected chi connectivity index (χ3v) is 2.79. The molecule has 19 heavy (non-hydrogen) atoms. The van der Waals surface area contributed by atoms with Crippen molar-refractivity contribution < 1.29 is 4.92 Å². The normalized spacial score (nSPS) is 10.2. The Bertz CT molecular complexity index is 617. The van der Waals surface area contributed by atoms with E-state index in [0.717, 1.165) is 11.1 Å². The lowest BCUT2D eigenvalue weighted by atomic mass is 10.2. The molecule has 98 valence electrons. The van der Waals surface area contributed by atoms with Gasteiger partial charge in [0.1, 0.15) is 0 Å². The summed E-state index contributed by atoms with van der Waals surface area (Å²) in [6, 6.07) is 8.79. The van der Waals surface area contributed by atoms with E-state index >= 15 is 0 Å². The minimum absolute atomic E-state index is 0.0259. The minimum Gasteiger partial charge on any atom is -0.360 e. The van der Waals surface area contributed by atoms with E-state index in [9.17, 15) is 10.1 Å². The Balaban J connectivity index is 2.17. The van der Waals surface area contributed by atoms with E-state index in [0.29, 0.717) is 11.6 Å². The quantitative estimate of drug-likeness (QED) is 0.685. The van der Waals surface area contributed by atoms with E-state index in [1.54, 1.807) is 25.3 Å². The molecule has 1 N–H and O–H groups in total. The zero-order valence-electron chi connectivity index (χ0n) is 10.3. The molecule has 0 aliphatic rings. The van der Waals surface area contributed by atoms with E-state index < -0.39 is 4.92 Å². The number of pyridine rings is 1. The number of hydrogen-bond acceptors (Lipinski definition) is 4. The van der Waals surface area contributed by atoms with Gasteiger partial charge in [-0.25, -0.2) is 4.98 Å². The molecule has 0 fully saturated rings. The molecule has 2 rings (SSSR count). The second-order valence-electron chi connectivity index (χ2n) is 4.12. The molecule has 6 heteroatoms. The van der Waals surface area contributed by atoms with Gasteiger partial charge in [-0.1, -0.05) is 23.7 Å². The zero-order valence-corrected chi connectivity index (χ0v) is 11.0. The van der Waals surface area contributed by atoms with Crippen LogP contribution in [0.4, 0.5) is 11.5 Å². The van der Waals surface area contributed by atoms with Gasteiger partial charge in [0.05, 0.1) is 4.92 Å². The van der Waals surface area contributed by atoms with Gasteiger partial charge in [-0.15, -0.1) is 0 Å². The fourth-order valence-corrected chi connectivity index (χ4v) is 1.87. The second-order valence-corrected chi connectivity index (χ2v) is 4.56. The molecule has 0 atom stereocenters. The van der Waals surface area contributed by atoms with Crippen molar-refractivity contribution in [3.63, 3.8) is 0 Å². The van der Waals surface area contributed by atoms with Crippen LogP contribution in [-0.2, 0) is 6.54 Å². The van der Waals surface area contributed by atoms with Crippen molar-refractivity contribution >= 4 is 23.1 Å². The maximum absolute atomic E-state index is 10.9. The Labute approximate surface area is 115 Å². The van der Waals surface area contributed by atoms with Crippen LogP contribution in [0.25, 0.3) is 0 Å². The topological polar surface area (TPSA) is 68.1 Å². The van der Waals surface area contributed by atoms with Crippen LogP contribution in [-0.4, -0.2) is 9.91 Å². The van der Waals surface area contributed by atoms with Gasteiger partial charge < -0.3 is 5.32 Å². The molecule has 0 spiro atoms. The van der Waals surface area contributed by atoms with E-state index in [4.69, 9.17) is 11.6 Å². The Kier molecular flexibility index (Phi) is 3.97. The van der Waals surface area contributed by atoms with Gasteiger partial charge in [-0.3, -0.25) is 10.1 Å². The van der Waals surface area contributed by atoms with Crippen LogP contribution in [0.5, 0.6) is 0 Å². The summed E-state index contributed by atoms with van der Waals surface area (Å²) in [5.74, 6) is 0.260. The van der Waals surface area contributed by atoms with Crippen LogP contribution in [0, 0.1) is 17.0 Å². The Morgan fingerprint density at radius 3 is 2.89 bits per heavy atom. The summed E-state index contributed by atoms with van der Waals surface area (Å²) in [6.07, 6.45) is 1.59. The molecule has 0 saturated carbocycles. The van der Waals surface area contributed by atoms with E-state index in [2.05, 4.69) is 10.3 Å². The molecule has 0 saturated heterocycles. The van der Waals surface area contributed by atoms with Gasteiger partial charge in [0, 0.05) is 23.8 Å². The average Bonchev–Trinajstić information content (AvgIpc) is 2.37. The highest BCUT2D eigenvalue weighted by molar-refractivity contribution is 6.30. The SMILES string of the molecule is Cc1cnc(NCc2cccc(Cl)c2)c([N+](=O)[O-])c1. The number of halogens is 1. The molecule has 0 aliphatic heterocycles. The first kappa shape index (κ1) is 13.3. The maximum Gasteiger partial charge on any atom is 0.311 e. The Hall–Kier alpha value is -2.14. The lowest BCUT2D eigenvalue weighted by Crippen LogP contribution is -2.05. The number of benzene rings is 1. The molecule has 1 aromatic carbocycles. The van der Waals surface area contributed by atoms with Crippen LogP contribution in [0.15, 0.2) is 36.5 Å². The van der Waals surface area contributed by atoms with Gasteiger partial charge in [-0.05, 0) is 30.2 Å². The number of hydrogen-bond donors (Lipinski definition) is 1. The van der Waals surface area contributed by atoms with Crippen LogP contribution < -0.4 is 5.32 Å². The molecule has 2 aromatic rings. The van der Waals surface area contributed by atoms with Crippen LogP contribution >= 0.6 is 11.6 Å². The van der Waals surface area contributed by atoms with Crippen molar-refractivity contribution in [1.29, 1.82) is 0 Å². The summed E-state index contributed by atoms with van der Waals surface area (Å²) in [7, 11) is 0. The van der Waals surface area contributed by atoms with Crippen LogP contribution in [0.3, 0.4) is 0 Å². The number of anilines is 1. The number of aryl methyl sites for hydroxylation is 1. The van der Waals surface area contributed by atoms with E-state index in [1.165, 1.54) is 6.07 Å². The highest BCUT2D eigenvalue weighted by Crippen LogP contribution is 2.23. The predicted molar refractivity (Wildman–Crippen MR) is 74.4 cm³/mol. The molecule has 0 bridgehead atoms. The standard InChI is InChI=1S/C13H12ClN3O2/c1-9-5-12(17(18)19)13(15-7-9)16-8-10-3-2-4-11(14)6-10/h2-7H,8H2,1H3,(H,15,16). The molecule has 1 heterocycles. The van der Waals surface area contributed by atoms with E-state index in [1.807, 2.05) is 12.1 Å². The van der Waals surface area contributed by atoms with Crippen LogP contribution in [0.1, 0.15) is 11.1 Å². The summed E-state index contributed by atoms with van der Waals surface area (Å²) in [6.45, 7) is 2.19. The van der Waals surface area contributed by atoms with Crippen molar-refractivity contribution in [2.45, 2.75) is 13.5 Å². The Morgan fingerprint density at radius 2 is 2.21 bits per heavy atom. The van der Waals surface area contributed by atoms with Crippen LogP contribution in [0.2, 0.25) is 5.02 Å². The first-order chi connectivity index (χ1) is 9.06. The van der Waals surface area contributed by atoms with Gasteiger partial charge in [-0.2, -0.15) is 0 Å². The highest BCUT2D eigenvalue weighted by Gasteiger charge is 2.14. The molecule has 0 aliphatic carbocycles. The monoisotopic (exact) mass is 277 g/mol. The Morgan fingerprint density at radius 1 is 1.42 bits per heavy atom. The number of nitrogens with zero attached hydrogens (tertiary/aromatic N) is 2. The summed E-state index contributed by atoms with van der Waals surface area (Å²) in [4.78, 5) is 14.6. The summed E-state index contributed by atoms with van der Waals surface area (Å²) in [5.41, 5.74) is 1.66. The third-order valence-electron chi connectivity index (χ3n) is 2.55. The third kappa shape index (κ3) is 3.42. The van der Waals surface area contributed by atoms with Crippen molar-refractivity contribution in [3.05, 3.63) is 62.8 Å². The molecule has 1 aromatic heterocycles. The van der Waals surface area contributed by atoms with Gasteiger partial charge >= 0.3 is 5.69 Å². The number of rotatable bonds is 4. The van der Waals surface area contributed by atoms with Gasteiger partial charge in [0.15, 0.2) is 0 Å². The highest BCUT2D eigenvalue weighted by atomic mass is 35.5. The maximum atomic E-state index is 10.9. The lowest BCUT2D eigenvalue weighted by molar-refractivity contribution is -0.384. The molecular weight excluding hydrogens is 266 g/mol. The van der Waals surface area contributed by atoms with Crippen molar-refractivity contribution in [3.8, 4) is 0 Å². The molecule has 0 amide bonds. The predicted octanol–water partition coefficient (Wildman–Crippen LogP) is 3.56. The second kappa shape index (κ2) is 5.67. The average molecular weight is 278 g/mol. The summed E-state index contributed by atoms with van der Waals surface area (Å²) in [5, 5.41) is 14.5. The largest absolute Gasteiger partial charge is 0.360 e. The molecule has 5 nitrogen and oxygen atoms in total. The number of nitrogens with one attached hydrogen (secondary N) is 1. The summed E-state index contributed by atoms with van der Waals surface area (Å²) >= 11 is 5.88. The van der Waals surface area contributed by atoms with Gasteiger partial charge in [0.2, 0.25) is 5.82 Å². The van der Waals surface area contributed by atoms with Crippen molar-refractivity contribution in [2.24, 2.45) is 0 Å². The van der Waals surface area contributed by atoms with Crippen molar-refractivity contribution in [1.82, 2.24) is 4.98 Å². The fraction of sp³-hybridized carbons (Fsp3) is 0.154. The van der Waals surface area contributed by atoms with Crippen molar-refractivity contribution in [2.75, 3.05) is 5.32 Å². The first-order valence-corrected chi connectivity index (χ1v) is 6.03. The molecule has 0 radical (unpaired) electrons. The first-order valence-electron chi connectivity index (χ1n) is 5.65. The number of nitro groups is 1.